The summed E-state index contributed by atoms with van der Waals surface area (Å²) in [6.07, 6.45) is 2.40. The van der Waals surface area contributed by atoms with Gasteiger partial charge in [0.2, 0.25) is 11.8 Å². The Kier molecular flexibility index (Phi) is 5.96. The molecule has 0 atom stereocenters. The van der Waals surface area contributed by atoms with Crippen LogP contribution in [0.5, 0.6) is 11.5 Å². The van der Waals surface area contributed by atoms with Gasteiger partial charge in [-0.25, -0.2) is 0 Å². The fourth-order valence-electron chi connectivity index (χ4n) is 3.19. The van der Waals surface area contributed by atoms with E-state index in [1.54, 1.807) is 19.1 Å². The molecular weight excluding hydrogens is 344 g/mol. The smallest absolute Gasteiger partial charge is 0.227 e. The number of hydrogen-bond donors (Lipinski definition) is 1. The normalized spacial score (nSPS) is 13.6. The SMILES string of the molecule is COc1ccc(CCC(=O)Nc2cccc(N3CCCC3=O)c2)cc1OC. The molecule has 1 aliphatic rings. The zero-order valence-corrected chi connectivity index (χ0v) is 15.7. The number of ether oxygens (including phenoxy) is 2. The highest BCUT2D eigenvalue weighted by Gasteiger charge is 2.21. The summed E-state index contributed by atoms with van der Waals surface area (Å²) in [5, 5.41) is 2.91. The van der Waals surface area contributed by atoms with E-state index in [4.69, 9.17) is 9.47 Å². The number of hydrogen-bond acceptors (Lipinski definition) is 4. The van der Waals surface area contributed by atoms with Crippen LogP contribution in [0.3, 0.4) is 0 Å². The van der Waals surface area contributed by atoms with Crippen molar-refractivity contribution in [1.82, 2.24) is 0 Å². The summed E-state index contributed by atoms with van der Waals surface area (Å²) >= 11 is 0. The van der Waals surface area contributed by atoms with Gasteiger partial charge >= 0.3 is 0 Å². The van der Waals surface area contributed by atoms with Gasteiger partial charge in [0, 0.05) is 30.8 Å². The molecule has 1 aliphatic heterocycles. The van der Waals surface area contributed by atoms with Crippen LogP contribution >= 0.6 is 0 Å². The van der Waals surface area contributed by atoms with Gasteiger partial charge in [0.1, 0.15) is 0 Å². The van der Waals surface area contributed by atoms with Gasteiger partial charge in [0.25, 0.3) is 0 Å². The van der Waals surface area contributed by atoms with Gasteiger partial charge in [0.15, 0.2) is 11.5 Å². The standard InChI is InChI=1S/C21H24N2O4/c1-26-18-10-8-15(13-19(18)27-2)9-11-20(24)22-16-5-3-6-17(14-16)23-12-4-7-21(23)25/h3,5-6,8,10,13-14H,4,7,9,11-12H2,1-2H3,(H,22,24). The van der Waals surface area contributed by atoms with Crippen LogP contribution in [0.2, 0.25) is 0 Å². The molecule has 0 saturated carbocycles. The Hall–Kier alpha value is -3.02. The maximum atomic E-state index is 12.3. The molecule has 6 nitrogen and oxygen atoms in total. The molecule has 0 aromatic heterocycles. The summed E-state index contributed by atoms with van der Waals surface area (Å²) < 4.78 is 10.5. The molecule has 1 saturated heterocycles. The lowest BCUT2D eigenvalue weighted by Gasteiger charge is -2.16. The molecule has 3 rings (SSSR count). The van der Waals surface area contributed by atoms with E-state index in [0.29, 0.717) is 36.4 Å². The van der Waals surface area contributed by atoms with Crippen molar-refractivity contribution in [3.05, 3.63) is 48.0 Å². The van der Waals surface area contributed by atoms with E-state index >= 15 is 0 Å². The van der Waals surface area contributed by atoms with Gasteiger partial charge in [-0.15, -0.1) is 0 Å². The third-order valence-corrected chi connectivity index (χ3v) is 4.60. The number of anilines is 2. The summed E-state index contributed by atoms with van der Waals surface area (Å²) in [6.45, 7) is 0.732. The molecule has 0 bridgehead atoms. The van der Waals surface area contributed by atoms with Gasteiger partial charge in [-0.05, 0) is 48.7 Å². The van der Waals surface area contributed by atoms with E-state index in [0.717, 1.165) is 24.2 Å². The topological polar surface area (TPSA) is 67.9 Å². The van der Waals surface area contributed by atoms with Crippen LogP contribution in [0.15, 0.2) is 42.5 Å². The first-order valence-electron chi connectivity index (χ1n) is 9.02. The van der Waals surface area contributed by atoms with Gasteiger partial charge in [-0.1, -0.05) is 12.1 Å². The molecule has 1 N–H and O–H groups in total. The molecule has 2 aromatic carbocycles. The van der Waals surface area contributed by atoms with Crippen molar-refractivity contribution in [2.75, 3.05) is 31.0 Å². The van der Waals surface area contributed by atoms with Crippen LogP contribution in [-0.2, 0) is 16.0 Å². The van der Waals surface area contributed by atoms with Gasteiger partial charge in [-0.2, -0.15) is 0 Å². The highest BCUT2D eigenvalue weighted by molar-refractivity contribution is 5.97. The lowest BCUT2D eigenvalue weighted by molar-refractivity contribution is -0.117. The monoisotopic (exact) mass is 368 g/mol. The summed E-state index contributed by atoms with van der Waals surface area (Å²) in [5.41, 5.74) is 2.53. The number of aryl methyl sites for hydroxylation is 1. The minimum Gasteiger partial charge on any atom is -0.493 e. The number of carbonyl (C=O) groups excluding carboxylic acids is 2. The summed E-state index contributed by atoms with van der Waals surface area (Å²) in [6, 6.07) is 13.1. The van der Waals surface area contributed by atoms with Crippen molar-refractivity contribution in [3.8, 4) is 11.5 Å². The minimum atomic E-state index is -0.0744. The lowest BCUT2D eigenvalue weighted by atomic mass is 10.1. The van der Waals surface area contributed by atoms with Crippen molar-refractivity contribution in [2.45, 2.75) is 25.7 Å². The first kappa shape index (κ1) is 18.8. The molecule has 2 aromatic rings. The second kappa shape index (κ2) is 8.58. The van der Waals surface area contributed by atoms with Crippen molar-refractivity contribution in [2.24, 2.45) is 0 Å². The lowest BCUT2D eigenvalue weighted by Crippen LogP contribution is -2.23. The van der Waals surface area contributed by atoms with Crippen LogP contribution in [-0.4, -0.2) is 32.6 Å². The van der Waals surface area contributed by atoms with E-state index in [1.807, 2.05) is 42.5 Å². The Morgan fingerprint density at radius 3 is 2.63 bits per heavy atom. The Balaban J connectivity index is 1.59. The third-order valence-electron chi connectivity index (χ3n) is 4.60. The molecule has 0 unspecified atom stereocenters. The maximum Gasteiger partial charge on any atom is 0.227 e. The fraction of sp³-hybridized carbons (Fsp3) is 0.333. The van der Waals surface area contributed by atoms with Crippen molar-refractivity contribution in [1.29, 1.82) is 0 Å². The Bertz CT molecular complexity index is 835. The second-order valence-electron chi connectivity index (χ2n) is 6.44. The van der Waals surface area contributed by atoms with E-state index < -0.39 is 0 Å². The summed E-state index contributed by atoms with van der Waals surface area (Å²) in [4.78, 5) is 26.0. The largest absolute Gasteiger partial charge is 0.493 e. The van der Waals surface area contributed by atoms with E-state index in [9.17, 15) is 9.59 Å². The average molecular weight is 368 g/mol. The van der Waals surface area contributed by atoms with Gasteiger partial charge in [0.05, 0.1) is 14.2 Å². The second-order valence-corrected chi connectivity index (χ2v) is 6.44. The Morgan fingerprint density at radius 1 is 1.11 bits per heavy atom. The first-order chi connectivity index (χ1) is 13.1. The van der Waals surface area contributed by atoms with Crippen molar-refractivity contribution in [3.63, 3.8) is 0 Å². The fourth-order valence-corrected chi connectivity index (χ4v) is 3.19. The molecule has 142 valence electrons. The van der Waals surface area contributed by atoms with Crippen molar-refractivity contribution >= 4 is 23.2 Å². The highest BCUT2D eigenvalue weighted by Crippen LogP contribution is 2.28. The number of benzene rings is 2. The first-order valence-corrected chi connectivity index (χ1v) is 9.02. The predicted octanol–water partition coefficient (Wildman–Crippen LogP) is 3.40. The van der Waals surface area contributed by atoms with E-state index in [1.165, 1.54) is 0 Å². The van der Waals surface area contributed by atoms with Gasteiger partial charge in [-0.3, -0.25) is 9.59 Å². The zero-order valence-electron chi connectivity index (χ0n) is 15.7. The van der Waals surface area contributed by atoms with Crippen LogP contribution < -0.4 is 19.7 Å². The zero-order chi connectivity index (χ0) is 19.2. The maximum absolute atomic E-state index is 12.3. The molecule has 1 fully saturated rings. The summed E-state index contributed by atoms with van der Waals surface area (Å²) in [5.74, 6) is 1.37. The van der Waals surface area contributed by atoms with E-state index in [2.05, 4.69) is 5.32 Å². The molecule has 1 heterocycles. The van der Waals surface area contributed by atoms with Crippen LogP contribution in [0.1, 0.15) is 24.8 Å². The molecule has 27 heavy (non-hydrogen) atoms. The van der Waals surface area contributed by atoms with Crippen LogP contribution in [0, 0.1) is 0 Å². The number of nitrogens with one attached hydrogen (secondary N) is 1. The summed E-state index contributed by atoms with van der Waals surface area (Å²) in [7, 11) is 3.18. The molecule has 0 radical (unpaired) electrons. The Morgan fingerprint density at radius 2 is 1.93 bits per heavy atom. The number of methoxy groups -OCH3 is 2. The van der Waals surface area contributed by atoms with Crippen LogP contribution in [0.4, 0.5) is 11.4 Å². The molecule has 0 spiro atoms. The number of amides is 2. The number of rotatable bonds is 7. The average Bonchev–Trinajstić information content (AvgIpc) is 3.12. The number of nitrogens with zero attached hydrogens (tertiary/aromatic N) is 1. The Labute approximate surface area is 159 Å². The van der Waals surface area contributed by atoms with Crippen LogP contribution in [0.25, 0.3) is 0 Å². The number of carbonyl (C=O) groups is 2. The molecular formula is C21H24N2O4. The predicted molar refractivity (Wildman–Crippen MR) is 105 cm³/mol. The molecule has 2 amide bonds. The quantitative estimate of drug-likeness (QED) is 0.813. The van der Waals surface area contributed by atoms with Crippen molar-refractivity contribution < 1.29 is 19.1 Å². The van der Waals surface area contributed by atoms with E-state index in [-0.39, 0.29) is 11.8 Å². The van der Waals surface area contributed by atoms with Gasteiger partial charge < -0.3 is 19.7 Å². The molecule has 6 heteroatoms. The molecule has 0 aliphatic carbocycles. The minimum absolute atomic E-state index is 0.0744. The third kappa shape index (κ3) is 4.58. The highest BCUT2D eigenvalue weighted by atomic mass is 16.5.